The van der Waals surface area contributed by atoms with Crippen molar-refractivity contribution in [3.05, 3.63) is 66.4 Å². The summed E-state index contributed by atoms with van der Waals surface area (Å²) in [5.74, 6) is 1.58. The monoisotopic (exact) mass is 532 g/mol. The summed E-state index contributed by atoms with van der Waals surface area (Å²) in [6.45, 7) is 0. The maximum Gasteiger partial charge on any atom is 0.151 e. The second-order valence-corrected chi connectivity index (χ2v) is 7.64. The highest BCUT2D eigenvalue weighted by Gasteiger charge is 2.21. The van der Waals surface area contributed by atoms with Gasteiger partial charge in [0.1, 0.15) is 0 Å². The molecule has 0 radical (unpaired) electrons. The zero-order valence-electron chi connectivity index (χ0n) is 10.5. The second kappa shape index (κ2) is 6.41. The summed E-state index contributed by atoms with van der Waals surface area (Å²) in [6, 6.07) is 16.0. The van der Waals surface area contributed by atoms with Crippen LogP contribution >= 0.6 is 63.7 Å². The fourth-order valence-corrected chi connectivity index (χ4v) is 3.91. The van der Waals surface area contributed by atoms with Crippen LogP contribution in [0.2, 0.25) is 0 Å². The molecule has 1 heterocycles. The summed E-state index contributed by atoms with van der Waals surface area (Å²) < 4.78 is 9.91. The molecule has 21 heavy (non-hydrogen) atoms. The maximum atomic E-state index is 6.13. The van der Waals surface area contributed by atoms with Crippen molar-refractivity contribution in [2.45, 2.75) is 0 Å². The summed E-state index contributed by atoms with van der Waals surface area (Å²) in [7, 11) is 0. The predicted octanol–water partition coefficient (Wildman–Crippen LogP) is 7.66. The Morgan fingerprint density at radius 2 is 0.952 bits per heavy atom. The standard InChI is InChI=1S/C16H8Br4O/c17-11-7-3-1-5-9(11)15-13(19)14(20)16(21-15)10-6-2-4-8-12(10)18/h1-8H. The quantitative estimate of drug-likeness (QED) is 0.328. The summed E-state index contributed by atoms with van der Waals surface area (Å²) >= 11 is 14.4. The van der Waals surface area contributed by atoms with Crippen molar-refractivity contribution in [1.82, 2.24) is 0 Å². The van der Waals surface area contributed by atoms with Crippen LogP contribution in [0.25, 0.3) is 22.6 Å². The number of halogens is 4. The Hall–Kier alpha value is -0.360. The van der Waals surface area contributed by atoms with Crippen LogP contribution in [0.5, 0.6) is 0 Å². The molecular formula is C16H8Br4O. The minimum Gasteiger partial charge on any atom is -0.454 e. The molecule has 0 aliphatic carbocycles. The van der Waals surface area contributed by atoms with Crippen LogP contribution in [0.3, 0.4) is 0 Å². The smallest absolute Gasteiger partial charge is 0.151 e. The molecule has 0 unspecified atom stereocenters. The molecule has 0 aliphatic rings. The fourth-order valence-electron chi connectivity index (χ4n) is 2.03. The summed E-state index contributed by atoms with van der Waals surface area (Å²) in [4.78, 5) is 0. The molecule has 5 heteroatoms. The minimum absolute atomic E-state index is 0.792. The molecule has 0 aliphatic heterocycles. The first-order chi connectivity index (χ1) is 10.1. The molecular weight excluding hydrogens is 528 g/mol. The summed E-state index contributed by atoms with van der Waals surface area (Å²) in [5, 5.41) is 0. The van der Waals surface area contributed by atoms with Crippen molar-refractivity contribution < 1.29 is 4.42 Å². The van der Waals surface area contributed by atoms with Gasteiger partial charge in [0.25, 0.3) is 0 Å². The van der Waals surface area contributed by atoms with Gasteiger partial charge < -0.3 is 4.42 Å². The van der Waals surface area contributed by atoms with Crippen LogP contribution in [0, 0.1) is 0 Å². The summed E-state index contributed by atoms with van der Waals surface area (Å²) in [5.41, 5.74) is 2.01. The van der Waals surface area contributed by atoms with Crippen molar-refractivity contribution in [1.29, 1.82) is 0 Å². The number of benzene rings is 2. The van der Waals surface area contributed by atoms with Crippen LogP contribution in [0.1, 0.15) is 0 Å². The zero-order valence-corrected chi connectivity index (χ0v) is 16.9. The molecule has 0 amide bonds. The molecule has 2 aromatic carbocycles. The lowest BCUT2D eigenvalue weighted by molar-refractivity contribution is 0.594. The van der Waals surface area contributed by atoms with Gasteiger partial charge in [-0.25, -0.2) is 0 Å². The Labute approximate surface area is 156 Å². The van der Waals surface area contributed by atoms with Gasteiger partial charge in [0.05, 0.1) is 8.95 Å². The molecule has 0 saturated heterocycles. The van der Waals surface area contributed by atoms with E-state index in [0.717, 1.165) is 40.5 Å². The van der Waals surface area contributed by atoms with Gasteiger partial charge in [0, 0.05) is 20.1 Å². The van der Waals surface area contributed by atoms with E-state index in [4.69, 9.17) is 4.42 Å². The Morgan fingerprint density at radius 1 is 0.571 bits per heavy atom. The molecule has 0 N–H and O–H groups in total. The van der Waals surface area contributed by atoms with E-state index in [1.807, 2.05) is 48.5 Å². The average Bonchev–Trinajstić information content (AvgIpc) is 2.77. The van der Waals surface area contributed by atoms with E-state index in [-0.39, 0.29) is 0 Å². The Morgan fingerprint density at radius 3 is 1.33 bits per heavy atom. The van der Waals surface area contributed by atoms with Crippen molar-refractivity contribution in [2.24, 2.45) is 0 Å². The highest BCUT2D eigenvalue weighted by Crippen LogP contribution is 2.46. The number of rotatable bonds is 2. The van der Waals surface area contributed by atoms with Gasteiger partial charge in [-0.1, -0.05) is 68.3 Å². The van der Waals surface area contributed by atoms with E-state index in [1.54, 1.807) is 0 Å². The molecule has 1 nitrogen and oxygen atoms in total. The normalized spacial score (nSPS) is 10.9. The van der Waals surface area contributed by atoms with Crippen molar-refractivity contribution in [3.8, 4) is 22.6 Å². The lowest BCUT2D eigenvalue weighted by Gasteiger charge is -2.02. The van der Waals surface area contributed by atoms with Gasteiger partial charge in [-0.05, 0) is 44.0 Å². The Bertz CT molecular complexity index is 742. The van der Waals surface area contributed by atoms with Crippen molar-refractivity contribution >= 4 is 63.7 Å². The maximum absolute atomic E-state index is 6.13. The molecule has 0 saturated carbocycles. The molecule has 3 aromatic rings. The number of hydrogen-bond donors (Lipinski definition) is 0. The first-order valence-electron chi connectivity index (χ1n) is 6.07. The summed E-state index contributed by atoms with van der Waals surface area (Å²) in [6.07, 6.45) is 0. The number of furan rings is 1. The highest BCUT2D eigenvalue weighted by molar-refractivity contribution is 9.13. The van der Waals surface area contributed by atoms with Crippen molar-refractivity contribution in [2.75, 3.05) is 0 Å². The SMILES string of the molecule is Brc1ccccc1-c1oc(-c2ccccc2Br)c(Br)c1Br. The molecule has 0 spiro atoms. The van der Waals surface area contributed by atoms with E-state index >= 15 is 0 Å². The predicted molar refractivity (Wildman–Crippen MR) is 100 cm³/mol. The van der Waals surface area contributed by atoms with E-state index in [9.17, 15) is 0 Å². The average molecular weight is 536 g/mol. The number of hydrogen-bond acceptors (Lipinski definition) is 1. The Balaban J connectivity index is 2.22. The molecule has 0 fully saturated rings. The minimum atomic E-state index is 0.792. The van der Waals surface area contributed by atoms with Crippen LogP contribution in [0.15, 0.2) is 70.8 Å². The van der Waals surface area contributed by atoms with E-state index in [2.05, 4.69) is 63.7 Å². The van der Waals surface area contributed by atoms with Crippen LogP contribution in [0.4, 0.5) is 0 Å². The second-order valence-electron chi connectivity index (χ2n) is 4.35. The topological polar surface area (TPSA) is 13.1 Å². The van der Waals surface area contributed by atoms with Crippen LogP contribution in [-0.4, -0.2) is 0 Å². The third-order valence-electron chi connectivity index (χ3n) is 3.03. The van der Waals surface area contributed by atoms with Gasteiger partial charge in [-0.3, -0.25) is 0 Å². The van der Waals surface area contributed by atoms with E-state index in [0.29, 0.717) is 0 Å². The first-order valence-corrected chi connectivity index (χ1v) is 9.24. The van der Waals surface area contributed by atoms with Gasteiger partial charge in [-0.2, -0.15) is 0 Å². The molecule has 0 bridgehead atoms. The molecule has 0 atom stereocenters. The van der Waals surface area contributed by atoms with E-state index in [1.165, 1.54) is 0 Å². The van der Waals surface area contributed by atoms with Crippen molar-refractivity contribution in [3.63, 3.8) is 0 Å². The zero-order chi connectivity index (χ0) is 15.0. The lowest BCUT2D eigenvalue weighted by Crippen LogP contribution is -1.77. The Kier molecular flexibility index (Phi) is 4.74. The molecule has 106 valence electrons. The molecule has 1 aromatic heterocycles. The highest BCUT2D eigenvalue weighted by atomic mass is 79.9. The van der Waals surface area contributed by atoms with Gasteiger partial charge in [0.2, 0.25) is 0 Å². The first kappa shape index (κ1) is 15.5. The van der Waals surface area contributed by atoms with Crippen LogP contribution in [-0.2, 0) is 0 Å². The fraction of sp³-hybridized carbons (Fsp3) is 0. The molecule has 3 rings (SSSR count). The largest absolute Gasteiger partial charge is 0.454 e. The van der Waals surface area contributed by atoms with Gasteiger partial charge in [0.15, 0.2) is 11.5 Å². The third-order valence-corrected chi connectivity index (χ3v) is 6.46. The lowest BCUT2D eigenvalue weighted by atomic mass is 10.1. The third kappa shape index (κ3) is 2.93. The van der Waals surface area contributed by atoms with Gasteiger partial charge >= 0.3 is 0 Å². The van der Waals surface area contributed by atoms with Gasteiger partial charge in [-0.15, -0.1) is 0 Å². The van der Waals surface area contributed by atoms with Crippen LogP contribution < -0.4 is 0 Å². The van der Waals surface area contributed by atoms with E-state index < -0.39 is 0 Å².